The van der Waals surface area contributed by atoms with Gasteiger partial charge in [0.25, 0.3) is 16.1 Å². The molecule has 2 aromatic rings. The second-order valence-corrected chi connectivity index (χ2v) is 10.7. The monoisotopic (exact) mass is 528 g/mol. The third kappa shape index (κ3) is 6.25. The van der Waals surface area contributed by atoms with Crippen LogP contribution in [-0.2, 0) is 21.4 Å². The lowest BCUT2D eigenvalue weighted by atomic mass is 10.0. The Kier molecular flexibility index (Phi) is 8.53. The number of aliphatic carboxylic acids is 1. The second kappa shape index (κ2) is 11.0. The molecule has 0 bridgehead atoms. The molecule has 0 spiro atoms. The van der Waals surface area contributed by atoms with E-state index in [1.807, 2.05) is 13.8 Å². The molecule has 3 unspecified atom stereocenters. The number of nitrogens with one attached hydrogen (secondary N) is 2. The molecule has 1 fully saturated rings. The number of aromatic nitrogens is 1. The van der Waals surface area contributed by atoms with Crippen molar-refractivity contribution in [2.24, 2.45) is 0 Å². The Labute approximate surface area is 208 Å². The van der Waals surface area contributed by atoms with E-state index in [2.05, 4.69) is 15.0 Å². The van der Waals surface area contributed by atoms with Crippen LogP contribution in [0.1, 0.15) is 49.0 Å². The molecule has 1 aromatic heterocycles. The van der Waals surface area contributed by atoms with Gasteiger partial charge in [-0.05, 0) is 50.8 Å². The van der Waals surface area contributed by atoms with Crippen LogP contribution in [0, 0.1) is 0 Å². The number of carboxylic acid groups (broad SMARTS) is 1. The minimum Gasteiger partial charge on any atom is -0.480 e. The standard InChI is InChI=1S/C22H26Cl2N4O5S/c1-13-4-3-5-14(2)28(13)34(32,33)27-19(22(30)31)10-15-6-8-16(9-7-15)26-21(29)20-17(23)11-25-12-18(20)24/h6-9,11-14,19,27H,3-5,10H2,1-2H3,(H,26,29)(H,30,31). The molecule has 3 rings (SSSR count). The zero-order valence-corrected chi connectivity index (χ0v) is 21.0. The predicted molar refractivity (Wildman–Crippen MR) is 130 cm³/mol. The van der Waals surface area contributed by atoms with Crippen LogP contribution < -0.4 is 10.0 Å². The van der Waals surface area contributed by atoms with Gasteiger partial charge >= 0.3 is 5.97 Å². The van der Waals surface area contributed by atoms with Crippen LogP contribution in [0.4, 0.5) is 5.69 Å². The molecule has 1 aromatic carbocycles. The van der Waals surface area contributed by atoms with Crippen molar-refractivity contribution in [2.75, 3.05) is 5.32 Å². The first-order valence-electron chi connectivity index (χ1n) is 10.7. The minimum absolute atomic E-state index is 0.0681. The van der Waals surface area contributed by atoms with Gasteiger partial charge in [-0.1, -0.05) is 41.8 Å². The van der Waals surface area contributed by atoms with Crippen LogP contribution in [0.15, 0.2) is 36.7 Å². The smallest absolute Gasteiger partial charge is 0.322 e. The Morgan fingerprint density at radius 2 is 1.68 bits per heavy atom. The average Bonchev–Trinajstić information content (AvgIpc) is 2.74. The van der Waals surface area contributed by atoms with Crippen LogP contribution >= 0.6 is 23.2 Å². The van der Waals surface area contributed by atoms with Gasteiger partial charge in [0.15, 0.2) is 0 Å². The molecule has 0 aliphatic carbocycles. The maximum Gasteiger partial charge on any atom is 0.322 e. The third-order valence-corrected chi connectivity index (χ3v) is 8.14. The van der Waals surface area contributed by atoms with Gasteiger partial charge < -0.3 is 10.4 Å². The number of carbonyl (C=O) groups excluding carboxylic acids is 1. The number of rotatable bonds is 8. The van der Waals surface area contributed by atoms with E-state index in [0.29, 0.717) is 11.3 Å². The maximum atomic E-state index is 13.0. The number of carbonyl (C=O) groups is 2. The topological polar surface area (TPSA) is 129 Å². The molecule has 1 aliphatic heterocycles. The summed E-state index contributed by atoms with van der Waals surface area (Å²) in [5, 5.41) is 12.5. The molecular weight excluding hydrogens is 503 g/mol. The largest absolute Gasteiger partial charge is 0.480 e. The highest BCUT2D eigenvalue weighted by atomic mass is 35.5. The van der Waals surface area contributed by atoms with Crippen LogP contribution in [0.25, 0.3) is 0 Å². The molecule has 34 heavy (non-hydrogen) atoms. The first-order valence-corrected chi connectivity index (χ1v) is 12.9. The van der Waals surface area contributed by atoms with Crippen molar-refractivity contribution in [3.05, 3.63) is 57.8 Å². The van der Waals surface area contributed by atoms with Crippen LogP contribution in [0.3, 0.4) is 0 Å². The molecular formula is C22H26Cl2N4O5S. The van der Waals surface area contributed by atoms with Crippen molar-refractivity contribution in [3.63, 3.8) is 0 Å². The molecule has 3 atom stereocenters. The Bertz CT molecular complexity index is 1130. The fraction of sp³-hybridized carbons (Fsp3) is 0.409. The third-order valence-electron chi connectivity index (χ3n) is 5.71. The van der Waals surface area contributed by atoms with Crippen LogP contribution in [-0.4, -0.2) is 52.8 Å². The first kappa shape index (κ1) is 26.4. The summed E-state index contributed by atoms with van der Waals surface area (Å²) in [5.41, 5.74) is 1.10. The number of piperidine rings is 1. The SMILES string of the molecule is CC1CCCC(C)N1S(=O)(=O)NC(Cc1ccc(NC(=O)c2c(Cl)cncc2Cl)cc1)C(=O)O. The number of hydrogen-bond donors (Lipinski definition) is 3. The molecule has 2 heterocycles. The van der Waals surface area contributed by atoms with Gasteiger partial charge in [0, 0.05) is 30.2 Å². The normalized spacial score (nSPS) is 20.0. The Balaban J connectivity index is 1.70. The number of anilines is 1. The summed E-state index contributed by atoms with van der Waals surface area (Å²) in [7, 11) is -3.99. The summed E-state index contributed by atoms with van der Waals surface area (Å²) < 4.78 is 29.6. The zero-order chi connectivity index (χ0) is 25.0. The summed E-state index contributed by atoms with van der Waals surface area (Å²) >= 11 is 12.0. The van der Waals surface area contributed by atoms with Gasteiger partial charge in [0.2, 0.25) is 0 Å². The lowest BCUT2D eigenvalue weighted by Gasteiger charge is -2.38. The molecule has 9 nitrogen and oxygen atoms in total. The van der Waals surface area contributed by atoms with Crippen molar-refractivity contribution in [3.8, 4) is 0 Å². The Hall–Kier alpha value is -2.24. The number of nitrogens with zero attached hydrogens (tertiary/aromatic N) is 2. The van der Waals surface area contributed by atoms with Crippen molar-refractivity contribution >= 4 is 51.0 Å². The van der Waals surface area contributed by atoms with Gasteiger partial charge in [-0.2, -0.15) is 17.4 Å². The molecule has 1 saturated heterocycles. The van der Waals surface area contributed by atoms with Crippen molar-refractivity contribution < 1.29 is 23.1 Å². The fourth-order valence-corrected chi connectivity index (χ4v) is 6.43. The van der Waals surface area contributed by atoms with Crippen molar-refractivity contribution in [1.29, 1.82) is 0 Å². The molecule has 184 valence electrons. The van der Waals surface area contributed by atoms with E-state index in [4.69, 9.17) is 23.2 Å². The summed E-state index contributed by atoms with van der Waals surface area (Å²) in [6.45, 7) is 3.65. The second-order valence-electron chi connectivity index (χ2n) is 8.31. The number of hydrogen-bond acceptors (Lipinski definition) is 5. The molecule has 0 radical (unpaired) electrons. The maximum absolute atomic E-state index is 13.0. The van der Waals surface area contributed by atoms with Gasteiger partial charge in [0.1, 0.15) is 6.04 Å². The van der Waals surface area contributed by atoms with Gasteiger partial charge in [0.05, 0.1) is 15.6 Å². The van der Waals surface area contributed by atoms with E-state index >= 15 is 0 Å². The minimum atomic E-state index is -3.99. The fourth-order valence-electron chi connectivity index (χ4n) is 4.07. The predicted octanol–water partition coefficient (Wildman–Crippen LogP) is 3.73. The lowest BCUT2D eigenvalue weighted by molar-refractivity contribution is -0.139. The number of carboxylic acids is 1. The van der Waals surface area contributed by atoms with Gasteiger partial charge in [-0.15, -0.1) is 0 Å². The van der Waals surface area contributed by atoms with Gasteiger partial charge in [-0.3, -0.25) is 14.6 Å². The van der Waals surface area contributed by atoms with E-state index in [-0.39, 0.29) is 34.1 Å². The van der Waals surface area contributed by atoms with E-state index in [9.17, 15) is 23.1 Å². The molecule has 1 aliphatic rings. The number of pyridine rings is 1. The summed E-state index contributed by atoms with van der Waals surface area (Å²) in [5.74, 6) is -1.80. The number of benzene rings is 1. The molecule has 3 N–H and O–H groups in total. The van der Waals surface area contributed by atoms with E-state index < -0.39 is 28.1 Å². The summed E-state index contributed by atoms with van der Waals surface area (Å²) in [6, 6.07) is 4.63. The average molecular weight is 529 g/mol. The molecule has 0 saturated carbocycles. The van der Waals surface area contributed by atoms with Crippen molar-refractivity contribution in [1.82, 2.24) is 14.0 Å². The first-order chi connectivity index (χ1) is 16.0. The quantitative estimate of drug-likeness (QED) is 0.478. The molecule has 12 heteroatoms. The highest BCUT2D eigenvalue weighted by Crippen LogP contribution is 2.26. The van der Waals surface area contributed by atoms with E-state index in [0.717, 1.165) is 19.3 Å². The lowest BCUT2D eigenvalue weighted by Crippen LogP contribution is -2.55. The molecule has 1 amide bonds. The van der Waals surface area contributed by atoms with E-state index in [1.165, 1.54) is 16.7 Å². The Morgan fingerprint density at radius 1 is 1.12 bits per heavy atom. The van der Waals surface area contributed by atoms with Crippen LogP contribution in [0.5, 0.6) is 0 Å². The van der Waals surface area contributed by atoms with Gasteiger partial charge in [-0.25, -0.2) is 0 Å². The Morgan fingerprint density at radius 3 is 2.21 bits per heavy atom. The zero-order valence-electron chi connectivity index (χ0n) is 18.7. The summed E-state index contributed by atoms with van der Waals surface area (Å²) in [6.07, 6.45) is 4.94. The number of halogens is 2. The van der Waals surface area contributed by atoms with Crippen LogP contribution in [0.2, 0.25) is 10.0 Å². The highest BCUT2D eigenvalue weighted by Gasteiger charge is 2.37. The van der Waals surface area contributed by atoms with E-state index in [1.54, 1.807) is 24.3 Å². The highest BCUT2D eigenvalue weighted by molar-refractivity contribution is 7.87. The summed E-state index contributed by atoms with van der Waals surface area (Å²) in [4.78, 5) is 28.1. The number of amides is 1. The van der Waals surface area contributed by atoms with Crippen molar-refractivity contribution in [2.45, 2.75) is 57.7 Å².